The lowest BCUT2D eigenvalue weighted by molar-refractivity contribution is -0.140. The van der Waals surface area contributed by atoms with Gasteiger partial charge in [-0.3, -0.25) is 4.79 Å². The van der Waals surface area contributed by atoms with Gasteiger partial charge in [-0.15, -0.1) is 0 Å². The fourth-order valence-corrected chi connectivity index (χ4v) is 4.79. The summed E-state index contributed by atoms with van der Waals surface area (Å²) in [4.78, 5) is 11.2. The lowest BCUT2D eigenvalue weighted by Crippen LogP contribution is -2.32. The average molecular weight is 234 g/mol. The molecule has 0 radical (unpaired) electrons. The van der Waals surface area contributed by atoms with E-state index in [9.17, 15) is 4.79 Å². The lowest BCUT2D eigenvalue weighted by Gasteiger charge is -2.30. The first-order valence-electron chi connectivity index (χ1n) is 6.68. The molecule has 1 heterocycles. The SMILES string of the molecule is COC(=O)CCC1=CC2C3CCOC24C(C3)C14. The molecule has 4 rings (SSSR count). The topological polar surface area (TPSA) is 35.5 Å². The monoisotopic (exact) mass is 234 g/mol. The zero-order valence-electron chi connectivity index (χ0n) is 10.1. The van der Waals surface area contributed by atoms with Crippen LogP contribution in [0.5, 0.6) is 0 Å². The van der Waals surface area contributed by atoms with Gasteiger partial charge in [0, 0.05) is 24.9 Å². The molecule has 3 fully saturated rings. The maximum absolute atomic E-state index is 11.2. The summed E-state index contributed by atoms with van der Waals surface area (Å²) < 4.78 is 10.8. The first-order valence-corrected chi connectivity index (χ1v) is 6.68. The van der Waals surface area contributed by atoms with Crippen molar-refractivity contribution >= 4 is 5.97 Å². The molecule has 0 aromatic heterocycles. The summed E-state index contributed by atoms with van der Waals surface area (Å²) >= 11 is 0. The zero-order chi connectivity index (χ0) is 11.6. The standard InChI is InChI=1S/C14H18O3/c1-16-12(15)3-2-9-7-10-8-4-5-17-14(10)11(6-8)13(9)14/h7-8,10-11,13H,2-6H2,1H3. The second kappa shape index (κ2) is 3.14. The van der Waals surface area contributed by atoms with Gasteiger partial charge >= 0.3 is 5.97 Å². The molecule has 17 heavy (non-hydrogen) atoms. The summed E-state index contributed by atoms with van der Waals surface area (Å²) in [5.74, 6) is 2.86. The highest BCUT2D eigenvalue weighted by molar-refractivity contribution is 5.69. The Morgan fingerprint density at radius 3 is 3.29 bits per heavy atom. The Morgan fingerprint density at radius 1 is 1.65 bits per heavy atom. The minimum absolute atomic E-state index is 0.0938. The van der Waals surface area contributed by atoms with E-state index in [4.69, 9.17) is 9.47 Å². The highest BCUT2D eigenvalue weighted by Gasteiger charge is 2.79. The molecule has 2 bridgehead atoms. The number of carbonyl (C=O) groups is 1. The molecular formula is C14H18O3. The van der Waals surface area contributed by atoms with Gasteiger partial charge in [-0.2, -0.15) is 0 Å². The number of hydrogen-bond acceptors (Lipinski definition) is 3. The van der Waals surface area contributed by atoms with Crippen LogP contribution in [0.1, 0.15) is 25.7 Å². The molecule has 3 aliphatic carbocycles. The number of ether oxygens (including phenoxy) is 2. The quantitative estimate of drug-likeness (QED) is 0.553. The molecule has 2 saturated carbocycles. The van der Waals surface area contributed by atoms with Crippen molar-refractivity contribution in [2.75, 3.05) is 13.7 Å². The highest BCUT2D eigenvalue weighted by Crippen LogP contribution is 2.76. The second-order valence-electron chi connectivity index (χ2n) is 5.91. The van der Waals surface area contributed by atoms with Crippen molar-refractivity contribution in [3.8, 4) is 0 Å². The van der Waals surface area contributed by atoms with Crippen LogP contribution in [0, 0.1) is 23.7 Å². The van der Waals surface area contributed by atoms with Crippen molar-refractivity contribution in [3.63, 3.8) is 0 Å². The molecule has 0 aromatic rings. The third-order valence-electron chi connectivity index (χ3n) is 5.42. The zero-order valence-corrected chi connectivity index (χ0v) is 10.1. The molecule has 92 valence electrons. The Morgan fingerprint density at radius 2 is 2.53 bits per heavy atom. The third kappa shape index (κ3) is 1.09. The molecule has 3 heteroatoms. The summed E-state index contributed by atoms with van der Waals surface area (Å²) in [7, 11) is 1.46. The third-order valence-corrected chi connectivity index (χ3v) is 5.42. The molecule has 1 saturated heterocycles. The fraction of sp³-hybridized carbons (Fsp3) is 0.786. The van der Waals surface area contributed by atoms with Crippen LogP contribution in [0.4, 0.5) is 0 Å². The molecule has 1 aliphatic heterocycles. The van der Waals surface area contributed by atoms with Crippen LogP contribution in [-0.4, -0.2) is 25.3 Å². The molecule has 4 aliphatic rings. The van der Waals surface area contributed by atoms with Crippen LogP contribution >= 0.6 is 0 Å². The first-order chi connectivity index (χ1) is 8.27. The molecule has 0 amide bonds. The smallest absolute Gasteiger partial charge is 0.305 e. The van der Waals surface area contributed by atoms with E-state index in [-0.39, 0.29) is 11.6 Å². The Balaban J connectivity index is 1.52. The Labute approximate surface area is 101 Å². The van der Waals surface area contributed by atoms with Crippen molar-refractivity contribution in [3.05, 3.63) is 11.6 Å². The van der Waals surface area contributed by atoms with Crippen molar-refractivity contribution in [2.45, 2.75) is 31.3 Å². The van der Waals surface area contributed by atoms with Crippen molar-refractivity contribution in [2.24, 2.45) is 23.7 Å². The van der Waals surface area contributed by atoms with Gasteiger partial charge in [-0.25, -0.2) is 0 Å². The van der Waals surface area contributed by atoms with E-state index in [1.165, 1.54) is 25.5 Å². The molecule has 5 unspecified atom stereocenters. The normalized spacial score (nSPS) is 48.6. The number of methoxy groups -OCH3 is 1. The molecule has 1 spiro atoms. The van der Waals surface area contributed by atoms with Gasteiger partial charge in [0.1, 0.15) is 0 Å². The number of fused-ring (bicyclic) bond motifs is 1. The van der Waals surface area contributed by atoms with Crippen LogP contribution < -0.4 is 0 Å². The van der Waals surface area contributed by atoms with E-state index >= 15 is 0 Å². The van der Waals surface area contributed by atoms with E-state index in [0.717, 1.165) is 24.9 Å². The van der Waals surface area contributed by atoms with E-state index in [0.29, 0.717) is 18.3 Å². The summed E-state index contributed by atoms with van der Waals surface area (Å²) in [6, 6.07) is 0. The van der Waals surface area contributed by atoms with Gasteiger partial charge in [0.25, 0.3) is 0 Å². The second-order valence-corrected chi connectivity index (χ2v) is 5.91. The molecule has 3 nitrogen and oxygen atoms in total. The Hall–Kier alpha value is -0.830. The molecule has 0 aromatic carbocycles. The van der Waals surface area contributed by atoms with Gasteiger partial charge in [-0.05, 0) is 31.1 Å². The van der Waals surface area contributed by atoms with Gasteiger partial charge in [0.05, 0.1) is 12.7 Å². The maximum atomic E-state index is 11.2. The first kappa shape index (κ1) is 10.1. The van der Waals surface area contributed by atoms with Crippen LogP contribution in [0.15, 0.2) is 11.6 Å². The lowest BCUT2D eigenvalue weighted by atomic mass is 9.87. The Bertz CT molecular complexity index is 414. The van der Waals surface area contributed by atoms with E-state index in [2.05, 4.69) is 6.08 Å². The number of esters is 1. The predicted molar refractivity (Wildman–Crippen MR) is 61.2 cm³/mol. The van der Waals surface area contributed by atoms with E-state index < -0.39 is 0 Å². The Kier molecular flexibility index (Phi) is 1.87. The van der Waals surface area contributed by atoms with Crippen LogP contribution in [0.25, 0.3) is 0 Å². The van der Waals surface area contributed by atoms with Gasteiger partial charge in [-0.1, -0.05) is 11.6 Å². The van der Waals surface area contributed by atoms with Crippen LogP contribution in [0.2, 0.25) is 0 Å². The summed E-state index contributed by atoms with van der Waals surface area (Å²) in [6.45, 7) is 0.951. The van der Waals surface area contributed by atoms with Crippen molar-refractivity contribution in [1.29, 1.82) is 0 Å². The summed E-state index contributed by atoms with van der Waals surface area (Å²) in [5.41, 5.74) is 1.68. The van der Waals surface area contributed by atoms with E-state index in [1.54, 1.807) is 0 Å². The van der Waals surface area contributed by atoms with Gasteiger partial charge in [0.15, 0.2) is 0 Å². The summed E-state index contributed by atoms with van der Waals surface area (Å²) in [5, 5.41) is 0. The summed E-state index contributed by atoms with van der Waals surface area (Å²) in [6.07, 6.45) is 6.42. The van der Waals surface area contributed by atoms with Crippen molar-refractivity contribution < 1.29 is 14.3 Å². The van der Waals surface area contributed by atoms with Crippen molar-refractivity contribution in [1.82, 2.24) is 0 Å². The number of rotatable bonds is 3. The van der Waals surface area contributed by atoms with Crippen LogP contribution in [-0.2, 0) is 14.3 Å². The van der Waals surface area contributed by atoms with Gasteiger partial charge < -0.3 is 9.47 Å². The predicted octanol–water partition coefficient (Wildman–Crippen LogP) is 1.92. The molecule has 5 atom stereocenters. The molecule has 0 N–H and O–H groups in total. The minimum Gasteiger partial charge on any atom is -0.469 e. The highest BCUT2D eigenvalue weighted by atomic mass is 16.5. The number of carbonyl (C=O) groups excluding carboxylic acids is 1. The average Bonchev–Trinajstić information content (AvgIpc) is 2.81. The maximum Gasteiger partial charge on any atom is 0.305 e. The number of hydrogen-bond donors (Lipinski definition) is 0. The largest absolute Gasteiger partial charge is 0.469 e. The van der Waals surface area contributed by atoms with Crippen LogP contribution in [0.3, 0.4) is 0 Å². The minimum atomic E-state index is -0.0938. The molecular weight excluding hydrogens is 216 g/mol. The fourth-order valence-electron chi connectivity index (χ4n) is 4.79. The van der Waals surface area contributed by atoms with E-state index in [1.807, 2.05) is 0 Å². The van der Waals surface area contributed by atoms with Gasteiger partial charge in [0.2, 0.25) is 0 Å².